The van der Waals surface area contributed by atoms with Crippen LogP contribution in [0.5, 0.6) is 0 Å². The Morgan fingerprint density at radius 3 is 2.67 bits per heavy atom. The van der Waals surface area contributed by atoms with E-state index in [9.17, 15) is 9.59 Å². The van der Waals surface area contributed by atoms with Crippen molar-refractivity contribution in [2.75, 3.05) is 13.7 Å². The van der Waals surface area contributed by atoms with Gasteiger partial charge in [-0.25, -0.2) is 4.79 Å². The second kappa shape index (κ2) is 6.57. The van der Waals surface area contributed by atoms with Gasteiger partial charge in [0.15, 0.2) is 0 Å². The highest BCUT2D eigenvalue weighted by atomic mass is 16.5. The topological polar surface area (TPSA) is 46.6 Å². The van der Waals surface area contributed by atoms with E-state index >= 15 is 0 Å². The van der Waals surface area contributed by atoms with Crippen LogP contribution in [0.2, 0.25) is 0 Å². The summed E-state index contributed by atoms with van der Waals surface area (Å²) in [6.45, 7) is 2.49. The largest absolute Gasteiger partial charge is 0.467 e. The maximum atomic E-state index is 12.7. The molecule has 0 aliphatic carbocycles. The van der Waals surface area contributed by atoms with E-state index in [2.05, 4.69) is 0 Å². The molecular weight excluding hydrogens is 266 g/mol. The molecule has 1 aromatic carbocycles. The van der Waals surface area contributed by atoms with Crippen LogP contribution < -0.4 is 0 Å². The Morgan fingerprint density at radius 1 is 1.33 bits per heavy atom. The van der Waals surface area contributed by atoms with E-state index in [0.29, 0.717) is 24.9 Å². The lowest BCUT2D eigenvalue weighted by Crippen LogP contribution is -2.53. The number of hydrogen-bond donors (Lipinski definition) is 0. The number of carbonyl (C=O) groups excluding carboxylic acids is 2. The number of esters is 1. The first-order valence-corrected chi connectivity index (χ1v) is 7.22. The fourth-order valence-electron chi connectivity index (χ4n) is 2.92. The molecule has 0 N–H and O–H groups in total. The third-order valence-electron chi connectivity index (χ3n) is 4.01. The third kappa shape index (κ3) is 2.84. The second-order valence-corrected chi connectivity index (χ2v) is 5.22. The Kier molecular flexibility index (Phi) is 4.78. The van der Waals surface area contributed by atoms with Gasteiger partial charge in [-0.3, -0.25) is 4.79 Å². The number of carbonyl (C=O) groups is 2. The number of nitrogens with zero attached hydrogens (tertiary/aromatic N) is 1. The minimum absolute atomic E-state index is 0.108. The van der Waals surface area contributed by atoms with Crippen LogP contribution in [0.15, 0.2) is 42.5 Å². The third-order valence-corrected chi connectivity index (χ3v) is 4.01. The minimum Gasteiger partial charge on any atom is -0.467 e. The Labute approximate surface area is 125 Å². The first-order chi connectivity index (χ1) is 10.2. The number of allylic oxidation sites excluding steroid dienone is 1. The van der Waals surface area contributed by atoms with Crippen LogP contribution in [-0.2, 0) is 9.53 Å². The molecule has 0 aromatic heterocycles. The lowest BCUT2D eigenvalue weighted by Gasteiger charge is -2.35. The lowest BCUT2D eigenvalue weighted by molar-refractivity contribution is -0.152. The van der Waals surface area contributed by atoms with E-state index in [-0.39, 0.29) is 11.9 Å². The van der Waals surface area contributed by atoms with Gasteiger partial charge < -0.3 is 9.64 Å². The highest BCUT2D eigenvalue weighted by molar-refractivity contribution is 5.98. The van der Waals surface area contributed by atoms with Crippen molar-refractivity contribution in [3.05, 3.63) is 48.0 Å². The van der Waals surface area contributed by atoms with Crippen molar-refractivity contribution in [1.29, 1.82) is 0 Å². The van der Waals surface area contributed by atoms with E-state index in [1.54, 1.807) is 17.0 Å². The summed E-state index contributed by atoms with van der Waals surface area (Å²) in [6, 6.07) is 9.08. The van der Waals surface area contributed by atoms with Crippen molar-refractivity contribution in [3.8, 4) is 0 Å². The van der Waals surface area contributed by atoms with Gasteiger partial charge in [0.1, 0.15) is 5.54 Å². The molecule has 1 aliphatic heterocycles. The first-order valence-electron chi connectivity index (χ1n) is 7.22. The molecule has 0 spiro atoms. The number of ether oxygens (including phenoxy) is 1. The maximum Gasteiger partial charge on any atom is 0.332 e. The van der Waals surface area contributed by atoms with Gasteiger partial charge in [0, 0.05) is 12.1 Å². The van der Waals surface area contributed by atoms with E-state index in [0.717, 1.165) is 6.42 Å². The average molecular weight is 287 g/mol. The zero-order valence-electron chi connectivity index (χ0n) is 12.5. The maximum absolute atomic E-state index is 12.7. The highest BCUT2D eigenvalue weighted by Crippen LogP contribution is 2.35. The van der Waals surface area contributed by atoms with Gasteiger partial charge in [-0.05, 0) is 38.3 Å². The fourth-order valence-corrected chi connectivity index (χ4v) is 2.92. The number of hydrogen-bond acceptors (Lipinski definition) is 3. The molecule has 4 nitrogen and oxygen atoms in total. The molecule has 4 heteroatoms. The van der Waals surface area contributed by atoms with Gasteiger partial charge in [0.2, 0.25) is 0 Å². The van der Waals surface area contributed by atoms with Gasteiger partial charge in [0.25, 0.3) is 5.91 Å². The Morgan fingerprint density at radius 2 is 2.05 bits per heavy atom. The quantitative estimate of drug-likeness (QED) is 0.632. The average Bonchev–Trinajstić information content (AvgIpc) is 2.97. The van der Waals surface area contributed by atoms with Gasteiger partial charge in [-0.2, -0.15) is 0 Å². The standard InChI is InChI=1S/C17H21NO3/c1-3-4-11-17(16(20)21-2)12-8-13-18(17)15(19)14-9-6-5-7-10-14/h3-7,9-10H,8,11-13H2,1-2H3/b4-3+. The number of methoxy groups -OCH3 is 1. The summed E-state index contributed by atoms with van der Waals surface area (Å²) in [5.74, 6) is -0.439. The van der Waals surface area contributed by atoms with Crippen molar-refractivity contribution in [2.45, 2.75) is 31.7 Å². The zero-order chi connectivity index (χ0) is 15.3. The Balaban J connectivity index is 2.35. The van der Waals surface area contributed by atoms with Crippen LogP contribution in [0.1, 0.15) is 36.5 Å². The molecule has 0 radical (unpaired) electrons. The van der Waals surface area contributed by atoms with Crippen LogP contribution >= 0.6 is 0 Å². The monoisotopic (exact) mass is 287 g/mol. The molecule has 2 rings (SSSR count). The lowest BCUT2D eigenvalue weighted by atomic mass is 9.91. The number of rotatable bonds is 4. The van der Waals surface area contributed by atoms with E-state index in [4.69, 9.17) is 4.74 Å². The smallest absolute Gasteiger partial charge is 0.332 e. The first kappa shape index (κ1) is 15.3. The van der Waals surface area contributed by atoms with Crippen LogP contribution in [0.3, 0.4) is 0 Å². The Bertz CT molecular complexity index is 538. The van der Waals surface area contributed by atoms with Crippen molar-refractivity contribution in [2.24, 2.45) is 0 Å². The summed E-state index contributed by atoms with van der Waals surface area (Å²) in [6.07, 6.45) is 5.77. The predicted molar refractivity (Wildman–Crippen MR) is 80.9 cm³/mol. The zero-order valence-corrected chi connectivity index (χ0v) is 12.5. The van der Waals surface area contributed by atoms with Crippen LogP contribution in [0, 0.1) is 0 Å². The molecule has 1 heterocycles. The molecule has 0 saturated carbocycles. The summed E-state index contributed by atoms with van der Waals surface area (Å²) >= 11 is 0. The molecule has 21 heavy (non-hydrogen) atoms. The summed E-state index contributed by atoms with van der Waals surface area (Å²) in [5, 5.41) is 0. The molecule has 1 amide bonds. The van der Waals surface area contributed by atoms with Crippen molar-refractivity contribution >= 4 is 11.9 Å². The summed E-state index contributed by atoms with van der Waals surface area (Å²) in [5.41, 5.74) is -0.262. The van der Waals surface area contributed by atoms with Crippen LogP contribution in [0.4, 0.5) is 0 Å². The normalized spacial score (nSPS) is 21.7. The summed E-state index contributed by atoms with van der Waals surface area (Å²) in [7, 11) is 1.38. The number of likely N-dealkylation sites (tertiary alicyclic amines) is 1. The van der Waals surface area contributed by atoms with E-state index in [1.165, 1.54) is 7.11 Å². The van der Waals surface area contributed by atoms with Gasteiger partial charge in [-0.1, -0.05) is 30.4 Å². The molecule has 0 bridgehead atoms. The second-order valence-electron chi connectivity index (χ2n) is 5.22. The van der Waals surface area contributed by atoms with Gasteiger partial charge in [0.05, 0.1) is 7.11 Å². The van der Waals surface area contributed by atoms with Gasteiger partial charge >= 0.3 is 5.97 Å². The molecule has 1 saturated heterocycles. The van der Waals surface area contributed by atoms with Crippen molar-refractivity contribution in [1.82, 2.24) is 4.90 Å². The molecular formula is C17H21NO3. The van der Waals surface area contributed by atoms with Crippen LogP contribution in [-0.4, -0.2) is 36.0 Å². The molecule has 112 valence electrons. The van der Waals surface area contributed by atoms with Crippen molar-refractivity contribution in [3.63, 3.8) is 0 Å². The highest BCUT2D eigenvalue weighted by Gasteiger charge is 2.49. The molecule has 1 unspecified atom stereocenters. The summed E-state index contributed by atoms with van der Waals surface area (Å²) < 4.78 is 4.98. The van der Waals surface area contributed by atoms with E-state index in [1.807, 2.05) is 37.3 Å². The molecule has 1 fully saturated rings. The number of benzene rings is 1. The SMILES string of the molecule is C/C=C/CC1(C(=O)OC)CCCN1C(=O)c1ccccc1. The predicted octanol–water partition coefficient (Wildman–Crippen LogP) is 2.80. The molecule has 1 aliphatic rings. The molecule has 1 atom stereocenters. The molecule has 1 aromatic rings. The van der Waals surface area contributed by atoms with Crippen LogP contribution in [0.25, 0.3) is 0 Å². The minimum atomic E-state index is -0.867. The summed E-state index contributed by atoms with van der Waals surface area (Å²) in [4.78, 5) is 26.8. The van der Waals surface area contributed by atoms with Crippen molar-refractivity contribution < 1.29 is 14.3 Å². The van der Waals surface area contributed by atoms with E-state index < -0.39 is 5.54 Å². The van der Waals surface area contributed by atoms with Gasteiger partial charge in [-0.15, -0.1) is 0 Å². The fraction of sp³-hybridized carbons (Fsp3) is 0.412. The number of amides is 1. The Hall–Kier alpha value is -2.10.